The predicted molar refractivity (Wildman–Crippen MR) is 71.6 cm³/mol. The second-order valence-corrected chi connectivity index (χ2v) is 4.11. The smallest absolute Gasteiger partial charge is 0.321 e. The van der Waals surface area contributed by atoms with Crippen LogP contribution in [-0.4, -0.2) is 26.7 Å². The summed E-state index contributed by atoms with van der Waals surface area (Å²) in [5, 5.41) is 7.00. The van der Waals surface area contributed by atoms with Crippen LogP contribution >= 0.6 is 0 Å². The fraction of sp³-hybridized carbons (Fsp3) is 0.231. The van der Waals surface area contributed by atoms with Crippen LogP contribution in [0.25, 0.3) is 22.4 Å². The molecule has 0 atom stereocenters. The zero-order chi connectivity index (χ0) is 13.1. The number of fused-ring (bicyclic) bond motifs is 1. The molecule has 6 heteroatoms. The highest BCUT2D eigenvalue weighted by molar-refractivity contribution is 5.79. The van der Waals surface area contributed by atoms with E-state index in [4.69, 9.17) is 4.52 Å². The molecule has 0 radical (unpaired) electrons. The summed E-state index contributed by atoms with van der Waals surface area (Å²) in [6.07, 6.45) is 4.34. The summed E-state index contributed by atoms with van der Waals surface area (Å²) in [5.41, 5.74) is 2.52. The molecule has 0 aliphatic carbocycles. The van der Waals surface area contributed by atoms with Crippen LogP contribution in [-0.2, 0) is 0 Å². The Hall–Kier alpha value is -2.50. The Labute approximate surface area is 109 Å². The highest BCUT2D eigenvalue weighted by atomic mass is 16.5. The molecule has 0 amide bonds. The number of rotatable bonds is 4. The zero-order valence-electron chi connectivity index (χ0n) is 10.5. The number of aromatic nitrogens is 4. The summed E-state index contributed by atoms with van der Waals surface area (Å²) < 4.78 is 5.12. The molecule has 0 saturated heterocycles. The third kappa shape index (κ3) is 2.37. The second kappa shape index (κ2) is 5.01. The lowest BCUT2D eigenvalue weighted by molar-refractivity contribution is 0.432. The van der Waals surface area contributed by atoms with E-state index in [0.717, 1.165) is 29.6 Å². The lowest BCUT2D eigenvalue weighted by Crippen LogP contribution is -1.99. The quantitative estimate of drug-likeness (QED) is 0.771. The summed E-state index contributed by atoms with van der Waals surface area (Å²) in [7, 11) is 0. The van der Waals surface area contributed by atoms with Gasteiger partial charge < -0.3 is 9.84 Å². The van der Waals surface area contributed by atoms with Gasteiger partial charge in [0.1, 0.15) is 0 Å². The molecule has 0 aliphatic rings. The SMILES string of the molecule is CCCNc1nc(-c2ccc3nccnc3c2)no1. The first-order chi connectivity index (χ1) is 9.36. The predicted octanol–water partition coefficient (Wildman–Crippen LogP) is 2.50. The highest BCUT2D eigenvalue weighted by Gasteiger charge is 2.08. The van der Waals surface area contributed by atoms with E-state index in [0.29, 0.717) is 11.8 Å². The normalized spacial score (nSPS) is 10.8. The van der Waals surface area contributed by atoms with Crippen molar-refractivity contribution in [3.63, 3.8) is 0 Å². The maximum Gasteiger partial charge on any atom is 0.321 e. The summed E-state index contributed by atoms with van der Waals surface area (Å²) in [6, 6.07) is 6.14. The number of nitrogens with one attached hydrogen (secondary N) is 1. The number of benzene rings is 1. The summed E-state index contributed by atoms with van der Waals surface area (Å²) >= 11 is 0. The highest BCUT2D eigenvalue weighted by Crippen LogP contribution is 2.20. The molecule has 2 heterocycles. The summed E-state index contributed by atoms with van der Waals surface area (Å²) in [4.78, 5) is 12.8. The van der Waals surface area contributed by atoms with Gasteiger partial charge in [0.15, 0.2) is 0 Å². The Bertz CT molecular complexity index is 694. The number of anilines is 1. The molecule has 0 unspecified atom stereocenters. The molecule has 2 aromatic heterocycles. The Kier molecular flexibility index (Phi) is 3.06. The van der Waals surface area contributed by atoms with E-state index in [1.807, 2.05) is 18.2 Å². The van der Waals surface area contributed by atoms with Gasteiger partial charge in [-0.25, -0.2) is 0 Å². The first-order valence-electron chi connectivity index (χ1n) is 6.15. The van der Waals surface area contributed by atoms with Crippen LogP contribution in [0.4, 0.5) is 6.01 Å². The van der Waals surface area contributed by atoms with E-state index in [1.54, 1.807) is 12.4 Å². The van der Waals surface area contributed by atoms with Gasteiger partial charge in [0.25, 0.3) is 0 Å². The van der Waals surface area contributed by atoms with Crippen LogP contribution in [0.3, 0.4) is 0 Å². The van der Waals surface area contributed by atoms with Crippen molar-refractivity contribution in [2.45, 2.75) is 13.3 Å². The molecule has 96 valence electrons. The van der Waals surface area contributed by atoms with E-state index in [9.17, 15) is 0 Å². The maximum atomic E-state index is 5.12. The van der Waals surface area contributed by atoms with Crippen LogP contribution in [0, 0.1) is 0 Å². The fourth-order valence-corrected chi connectivity index (χ4v) is 1.75. The monoisotopic (exact) mass is 255 g/mol. The van der Waals surface area contributed by atoms with Crippen molar-refractivity contribution in [3.05, 3.63) is 30.6 Å². The van der Waals surface area contributed by atoms with Gasteiger partial charge in [-0.05, 0) is 24.6 Å². The molecule has 3 aromatic rings. The van der Waals surface area contributed by atoms with Crippen LogP contribution in [0.1, 0.15) is 13.3 Å². The minimum atomic E-state index is 0.441. The van der Waals surface area contributed by atoms with Gasteiger partial charge >= 0.3 is 6.01 Å². The topological polar surface area (TPSA) is 76.7 Å². The number of hydrogen-bond donors (Lipinski definition) is 1. The van der Waals surface area contributed by atoms with E-state index in [2.05, 4.69) is 32.3 Å². The summed E-state index contributed by atoms with van der Waals surface area (Å²) in [5.74, 6) is 0.547. The van der Waals surface area contributed by atoms with Crippen molar-refractivity contribution in [1.82, 2.24) is 20.1 Å². The van der Waals surface area contributed by atoms with Gasteiger partial charge in [-0.3, -0.25) is 9.97 Å². The van der Waals surface area contributed by atoms with Crippen molar-refractivity contribution in [2.24, 2.45) is 0 Å². The minimum Gasteiger partial charge on any atom is -0.338 e. The van der Waals surface area contributed by atoms with Gasteiger partial charge in [-0.1, -0.05) is 12.1 Å². The van der Waals surface area contributed by atoms with E-state index in [1.165, 1.54) is 0 Å². The first-order valence-corrected chi connectivity index (χ1v) is 6.15. The lowest BCUT2D eigenvalue weighted by Gasteiger charge is -1.97. The number of hydrogen-bond acceptors (Lipinski definition) is 6. The average molecular weight is 255 g/mol. The zero-order valence-corrected chi connectivity index (χ0v) is 10.5. The van der Waals surface area contributed by atoms with Crippen molar-refractivity contribution >= 4 is 17.0 Å². The Balaban J connectivity index is 1.92. The molecule has 3 rings (SSSR count). The fourth-order valence-electron chi connectivity index (χ4n) is 1.75. The second-order valence-electron chi connectivity index (χ2n) is 4.11. The third-order valence-electron chi connectivity index (χ3n) is 2.68. The van der Waals surface area contributed by atoms with Crippen LogP contribution in [0.5, 0.6) is 0 Å². The molecule has 6 nitrogen and oxygen atoms in total. The molecule has 0 bridgehead atoms. The Morgan fingerprint density at radius 1 is 1.16 bits per heavy atom. The van der Waals surface area contributed by atoms with Crippen LogP contribution in [0.15, 0.2) is 35.1 Å². The minimum absolute atomic E-state index is 0.441. The van der Waals surface area contributed by atoms with Crippen LogP contribution in [0.2, 0.25) is 0 Å². The maximum absolute atomic E-state index is 5.12. The standard InChI is InChI=1S/C13H13N5O/c1-2-5-16-13-17-12(18-19-13)9-3-4-10-11(8-9)15-7-6-14-10/h3-4,6-8H,2,5H2,1H3,(H,16,17,18). The lowest BCUT2D eigenvalue weighted by atomic mass is 10.2. The molecule has 0 aliphatic heterocycles. The van der Waals surface area contributed by atoms with E-state index in [-0.39, 0.29) is 0 Å². The Morgan fingerprint density at radius 3 is 2.84 bits per heavy atom. The molecular formula is C13H13N5O. The van der Waals surface area contributed by atoms with Crippen molar-refractivity contribution in [1.29, 1.82) is 0 Å². The molecule has 1 aromatic carbocycles. The summed E-state index contributed by atoms with van der Waals surface area (Å²) in [6.45, 7) is 2.89. The van der Waals surface area contributed by atoms with Crippen LogP contribution < -0.4 is 5.32 Å². The van der Waals surface area contributed by atoms with Gasteiger partial charge in [0, 0.05) is 24.5 Å². The van der Waals surface area contributed by atoms with E-state index >= 15 is 0 Å². The average Bonchev–Trinajstić information content (AvgIpc) is 2.93. The largest absolute Gasteiger partial charge is 0.338 e. The molecule has 1 N–H and O–H groups in total. The number of nitrogens with zero attached hydrogens (tertiary/aromatic N) is 4. The molecule has 0 fully saturated rings. The van der Waals surface area contributed by atoms with Gasteiger partial charge in [0.05, 0.1) is 11.0 Å². The van der Waals surface area contributed by atoms with Gasteiger partial charge in [0.2, 0.25) is 5.82 Å². The Morgan fingerprint density at radius 2 is 2.00 bits per heavy atom. The molecule has 19 heavy (non-hydrogen) atoms. The molecule has 0 spiro atoms. The molecule has 0 saturated carbocycles. The third-order valence-corrected chi connectivity index (χ3v) is 2.68. The van der Waals surface area contributed by atoms with E-state index < -0.39 is 0 Å². The van der Waals surface area contributed by atoms with Crippen molar-refractivity contribution in [2.75, 3.05) is 11.9 Å². The van der Waals surface area contributed by atoms with Gasteiger partial charge in [-0.2, -0.15) is 4.98 Å². The van der Waals surface area contributed by atoms with Gasteiger partial charge in [-0.15, -0.1) is 0 Å². The molecular weight excluding hydrogens is 242 g/mol. The van der Waals surface area contributed by atoms with Crippen molar-refractivity contribution in [3.8, 4) is 11.4 Å². The van der Waals surface area contributed by atoms with Crippen molar-refractivity contribution < 1.29 is 4.52 Å². The first kappa shape index (κ1) is 11.6.